The van der Waals surface area contributed by atoms with Gasteiger partial charge >= 0.3 is 0 Å². The summed E-state index contributed by atoms with van der Waals surface area (Å²) in [6.45, 7) is 0.613. The molecule has 4 bridgehead atoms. The Morgan fingerprint density at radius 3 is 2.29 bits per heavy atom. The molecule has 4 fully saturated rings. The summed E-state index contributed by atoms with van der Waals surface area (Å²) in [5.41, 5.74) is 5.72. The number of nitrogens with zero attached hydrogens (tertiary/aromatic N) is 1. The third-order valence-electron chi connectivity index (χ3n) is 5.76. The molecule has 118 valence electrons. The molecule has 4 aliphatic carbocycles. The molecule has 0 aromatic carbocycles. The Hall–Kier alpha value is -1.26. The molecule has 0 atom stereocenters. The molecule has 0 saturated heterocycles. The van der Waals surface area contributed by atoms with E-state index >= 15 is 0 Å². The maximum atomic E-state index is 12.2. The normalized spacial score (nSPS) is 37.7. The summed E-state index contributed by atoms with van der Waals surface area (Å²) in [7, 11) is 0. The van der Waals surface area contributed by atoms with E-state index in [2.05, 4.69) is 10.5 Å². The van der Waals surface area contributed by atoms with Crippen LogP contribution in [0.1, 0.15) is 57.8 Å². The molecule has 4 saturated carbocycles. The lowest BCUT2D eigenvalue weighted by atomic mass is 9.49. The van der Waals surface area contributed by atoms with Gasteiger partial charge in [0.15, 0.2) is 0 Å². The molecule has 0 heterocycles. The van der Waals surface area contributed by atoms with E-state index in [0.717, 1.165) is 24.2 Å². The molecule has 0 unspecified atom stereocenters. The van der Waals surface area contributed by atoms with Gasteiger partial charge in [0, 0.05) is 19.4 Å². The maximum absolute atomic E-state index is 12.2. The molecule has 4 aliphatic rings. The molecule has 1 amide bonds. The Labute approximate surface area is 126 Å². The van der Waals surface area contributed by atoms with E-state index in [1.54, 1.807) is 0 Å². The minimum atomic E-state index is 0.191. The van der Waals surface area contributed by atoms with E-state index in [1.165, 1.54) is 38.5 Å². The van der Waals surface area contributed by atoms with Crippen LogP contribution in [0.25, 0.3) is 0 Å². The van der Waals surface area contributed by atoms with Crippen molar-refractivity contribution in [2.45, 2.75) is 57.8 Å². The number of carbonyl (C=O) groups excluding carboxylic acids is 1. The average molecular weight is 293 g/mol. The average Bonchev–Trinajstić information content (AvgIpc) is 2.41. The van der Waals surface area contributed by atoms with Crippen molar-refractivity contribution in [3.8, 4) is 0 Å². The molecule has 0 radical (unpaired) electrons. The van der Waals surface area contributed by atoms with Crippen molar-refractivity contribution < 1.29 is 10.0 Å². The predicted molar refractivity (Wildman–Crippen MR) is 80.9 cm³/mol. The first-order chi connectivity index (χ1) is 10.1. The highest BCUT2D eigenvalue weighted by Gasteiger charge is 2.51. The topological polar surface area (TPSA) is 87.7 Å². The van der Waals surface area contributed by atoms with Gasteiger partial charge in [-0.2, -0.15) is 0 Å². The van der Waals surface area contributed by atoms with Crippen LogP contribution in [0.4, 0.5) is 0 Å². The van der Waals surface area contributed by atoms with Crippen molar-refractivity contribution in [3.63, 3.8) is 0 Å². The summed E-state index contributed by atoms with van der Waals surface area (Å²) in [6.07, 6.45) is 10.0. The fourth-order valence-electron chi connectivity index (χ4n) is 5.46. The first kappa shape index (κ1) is 14.7. The summed E-state index contributed by atoms with van der Waals surface area (Å²) in [5, 5.41) is 14.4. The van der Waals surface area contributed by atoms with E-state index in [9.17, 15) is 4.79 Å². The molecule has 5 heteroatoms. The number of hydrogen-bond donors (Lipinski definition) is 3. The Bertz CT molecular complexity index is 398. The molecule has 4 N–H and O–H groups in total. The zero-order valence-electron chi connectivity index (χ0n) is 12.7. The molecule has 0 aromatic heterocycles. The third kappa shape index (κ3) is 3.33. The quantitative estimate of drug-likeness (QED) is 0.231. The van der Waals surface area contributed by atoms with Crippen molar-refractivity contribution in [2.75, 3.05) is 6.54 Å². The van der Waals surface area contributed by atoms with Gasteiger partial charge in [0.1, 0.15) is 5.84 Å². The lowest BCUT2D eigenvalue weighted by Gasteiger charge is -2.56. The van der Waals surface area contributed by atoms with Gasteiger partial charge in [0.25, 0.3) is 0 Å². The number of nitrogens with two attached hydrogens (primary N) is 1. The number of oxime groups is 1. The number of amidine groups is 1. The van der Waals surface area contributed by atoms with Crippen molar-refractivity contribution >= 4 is 11.7 Å². The van der Waals surface area contributed by atoms with Crippen LogP contribution in [0.15, 0.2) is 5.16 Å². The van der Waals surface area contributed by atoms with Gasteiger partial charge in [-0.05, 0) is 68.1 Å². The van der Waals surface area contributed by atoms with Crippen LogP contribution in [0.3, 0.4) is 0 Å². The first-order valence-corrected chi connectivity index (χ1v) is 8.32. The molecule has 5 nitrogen and oxygen atoms in total. The molecule has 0 aromatic rings. The number of rotatable bonds is 6. The Morgan fingerprint density at radius 2 is 1.76 bits per heavy atom. The highest BCUT2D eigenvalue weighted by Crippen LogP contribution is 2.61. The van der Waals surface area contributed by atoms with E-state index in [-0.39, 0.29) is 11.7 Å². The van der Waals surface area contributed by atoms with E-state index < -0.39 is 0 Å². The van der Waals surface area contributed by atoms with Gasteiger partial charge in [0.2, 0.25) is 5.91 Å². The smallest absolute Gasteiger partial charge is 0.220 e. The highest BCUT2D eigenvalue weighted by molar-refractivity contribution is 5.79. The highest BCUT2D eigenvalue weighted by atomic mass is 16.4. The minimum Gasteiger partial charge on any atom is -0.409 e. The standard InChI is InChI=1S/C16H27N3O2/c17-14(19-21)2-1-3-18-15(20)10-16-7-11-4-12(8-16)6-13(5-11)9-16/h11-13,21H,1-10H2,(H2,17,19)(H,18,20). The largest absolute Gasteiger partial charge is 0.409 e. The van der Waals surface area contributed by atoms with Crippen molar-refractivity contribution in [3.05, 3.63) is 0 Å². The Morgan fingerprint density at radius 1 is 1.19 bits per heavy atom. The van der Waals surface area contributed by atoms with Gasteiger partial charge in [0.05, 0.1) is 0 Å². The fourth-order valence-corrected chi connectivity index (χ4v) is 5.46. The van der Waals surface area contributed by atoms with Gasteiger partial charge in [-0.15, -0.1) is 0 Å². The lowest BCUT2D eigenvalue weighted by Crippen LogP contribution is -2.48. The van der Waals surface area contributed by atoms with Gasteiger partial charge < -0.3 is 16.3 Å². The zero-order chi connectivity index (χ0) is 14.9. The molecular weight excluding hydrogens is 266 g/mol. The fraction of sp³-hybridized carbons (Fsp3) is 0.875. The van der Waals surface area contributed by atoms with Crippen molar-refractivity contribution in [1.82, 2.24) is 5.32 Å². The first-order valence-electron chi connectivity index (χ1n) is 8.32. The van der Waals surface area contributed by atoms with Crippen LogP contribution in [-0.2, 0) is 4.79 Å². The third-order valence-corrected chi connectivity index (χ3v) is 5.76. The lowest BCUT2D eigenvalue weighted by molar-refractivity contribution is -0.129. The van der Waals surface area contributed by atoms with Crippen LogP contribution >= 0.6 is 0 Å². The van der Waals surface area contributed by atoms with Crippen LogP contribution in [-0.4, -0.2) is 23.5 Å². The second-order valence-electron chi connectivity index (χ2n) is 7.64. The van der Waals surface area contributed by atoms with Gasteiger partial charge in [-0.25, -0.2) is 0 Å². The van der Waals surface area contributed by atoms with E-state index in [1.807, 2.05) is 0 Å². The number of hydrogen-bond acceptors (Lipinski definition) is 3. The predicted octanol–water partition coefficient (Wildman–Crippen LogP) is 2.24. The van der Waals surface area contributed by atoms with Crippen LogP contribution in [0, 0.1) is 23.2 Å². The van der Waals surface area contributed by atoms with Crippen molar-refractivity contribution in [1.29, 1.82) is 0 Å². The second kappa shape index (κ2) is 5.85. The Kier molecular flexibility index (Phi) is 4.09. The van der Waals surface area contributed by atoms with Crippen LogP contribution in [0.5, 0.6) is 0 Å². The molecule has 0 aliphatic heterocycles. The van der Waals surface area contributed by atoms with Crippen LogP contribution in [0.2, 0.25) is 0 Å². The van der Waals surface area contributed by atoms with Gasteiger partial charge in [-0.3, -0.25) is 4.79 Å². The molecule has 0 spiro atoms. The maximum Gasteiger partial charge on any atom is 0.220 e. The van der Waals surface area contributed by atoms with Crippen molar-refractivity contribution in [2.24, 2.45) is 34.1 Å². The van der Waals surface area contributed by atoms with E-state index in [0.29, 0.717) is 24.8 Å². The van der Waals surface area contributed by atoms with Crippen LogP contribution < -0.4 is 11.1 Å². The second-order valence-corrected chi connectivity index (χ2v) is 7.64. The summed E-state index contributed by atoms with van der Waals surface area (Å²) in [4.78, 5) is 12.2. The summed E-state index contributed by atoms with van der Waals surface area (Å²) in [6, 6.07) is 0. The Balaban J connectivity index is 1.45. The zero-order valence-corrected chi connectivity index (χ0v) is 12.7. The summed E-state index contributed by atoms with van der Waals surface area (Å²) < 4.78 is 0. The molecule has 21 heavy (non-hydrogen) atoms. The number of nitrogens with one attached hydrogen (secondary N) is 1. The molecular formula is C16H27N3O2. The molecule has 4 rings (SSSR count). The number of amides is 1. The SMILES string of the molecule is NC(CCCNC(=O)CC12CC3CC(CC(C3)C1)C2)=NO. The van der Waals surface area contributed by atoms with Gasteiger partial charge in [-0.1, -0.05) is 5.16 Å². The summed E-state index contributed by atoms with van der Waals surface area (Å²) >= 11 is 0. The monoisotopic (exact) mass is 293 g/mol. The minimum absolute atomic E-state index is 0.191. The number of carbonyl (C=O) groups is 1. The van der Waals surface area contributed by atoms with E-state index in [4.69, 9.17) is 10.9 Å². The summed E-state index contributed by atoms with van der Waals surface area (Å²) in [5.74, 6) is 3.10.